The third-order valence-electron chi connectivity index (χ3n) is 3.15. The molecule has 0 amide bonds. The molecule has 0 saturated carbocycles. The molecule has 2 aromatic carbocycles. The summed E-state index contributed by atoms with van der Waals surface area (Å²) in [6.07, 6.45) is 0. The van der Waals surface area contributed by atoms with Gasteiger partial charge < -0.3 is 9.84 Å². The van der Waals surface area contributed by atoms with E-state index in [4.69, 9.17) is 9.84 Å². The molecule has 0 heterocycles. The van der Waals surface area contributed by atoms with E-state index in [1.54, 1.807) is 24.3 Å². The summed E-state index contributed by atoms with van der Waals surface area (Å²) in [4.78, 5) is 22.6. The van der Waals surface area contributed by atoms with E-state index in [0.29, 0.717) is 17.9 Å². The highest BCUT2D eigenvalue weighted by Gasteiger charge is 2.21. The van der Waals surface area contributed by atoms with Gasteiger partial charge in [0.15, 0.2) is 5.78 Å². The molecule has 2 rings (SSSR count). The number of hydrogen-bond acceptors (Lipinski definition) is 3. The van der Waals surface area contributed by atoms with Gasteiger partial charge >= 0.3 is 5.97 Å². The summed E-state index contributed by atoms with van der Waals surface area (Å²) >= 11 is 0. The topological polar surface area (TPSA) is 63.6 Å². The van der Waals surface area contributed by atoms with Crippen molar-refractivity contribution in [3.8, 4) is 5.75 Å². The molecule has 0 radical (unpaired) electrons. The Hall–Kier alpha value is -2.62. The molecule has 4 nitrogen and oxygen atoms in total. The Balaban J connectivity index is 1.99. The second-order valence-corrected chi connectivity index (χ2v) is 4.72. The first-order valence-electron chi connectivity index (χ1n) is 6.61. The molecule has 0 fully saturated rings. The fourth-order valence-corrected chi connectivity index (χ4v) is 1.82. The van der Waals surface area contributed by atoms with Gasteiger partial charge in [-0.1, -0.05) is 30.3 Å². The van der Waals surface area contributed by atoms with E-state index >= 15 is 0 Å². The Morgan fingerprint density at radius 3 is 2.24 bits per heavy atom. The molecular weight excluding hydrogens is 268 g/mol. The quantitative estimate of drug-likeness (QED) is 0.653. The molecule has 2 aromatic rings. The van der Waals surface area contributed by atoms with Crippen LogP contribution in [0.2, 0.25) is 0 Å². The third kappa shape index (κ3) is 3.92. The van der Waals surface area contributed by atoms with Crippen molar-refractivity contribution < 1.29 is 19.4 Å². The van der Waals surface area contributed by atoms with E-state index in [2.05, 4.69) is 0 Å². The van der Waals surface area contributed by atoms with E-state index < -0.39 is 17.7 Å². The van der Waals surface area contributed by atoms with Gasteiger partial charge in [0.25, 0.3) is 0 Å². The zero-order valence-electron chi connectivity index (χ0n) is 11.7. The zero-order chi connectivity index (χ0) is 15.2. The molecule has 1 N–H and O–H groups in total. The maximum Gasteiger partial charge on any atom is 0.314 e. The molecule has 0 aliphatic heterocycles. The Labute approximate surface area is 123 Å². The molecule has 4 heteroatoms. The van der Waals surface area contributed by atoms with Gasteiger partial charge in [0.05, 0.1) is 0 Å². The minimum Gasteiger partial charge on any atom is -0.489 e. The number of aliphatic carboxylic acids is 1. The normalized spacial score (nSPS) is 11.7. The highest BCUT2D eigenvalue weighted by atomic mass is 16.5. The fourth-order valence-electron chi connectivity index (χ4n) is 1.82. The van der Waals surface area contributed by atoms with Crippen LogP contribution in [0.4, 0.5) is 0 Å². The molecule has 0 saturated heterocycles. The second kappa shape index (κ2) is 6.70. The Bertz CT molecular complexity index is 617. The van der Waals surface area contributed by atoms with Crippen LogP contribution in [-0.4, -0.2) is 16.9 Å². The summed E-state index contributed by atoms with van der Waals surface area (Å²) < 4.78 is 5.61. The van der Waals surface area contributed by atoms with Crippen molar-refractivity contribution in [3.63, 3.8) is 0 Å². The van der Waals surface area contributed by atoms with Gasteiger partial charge in [0, 0.05) is 5.56 Å². The lowest BCUT2D eigenvalue weighted by molar-refractivity contribution is -0.139. The van der Waals surface area contributed by atoms with Crippen molar-refractivity contribution in [2.45, 2.75) is 13.5 Å². The Kier molecular flexibility index (Phi) is 4.72. The number of Topliss-reactive ketones (excluding diaryl/α,β-unsaturated/α-hetero) is 1. The maximum absolute atomic E-state index is 11.9. The number of carboxylic acid groups (broad SMARTS) is 1. The van der Waals surface area contributed by atoms with E-state index in [1.807, 2.05) is 30.3 Å². The predicted molar refractivity (Wildman–Crippen MR) is 78.3 cm³/mol. The highest BCUT2D eigenvalue weighted by molar-refractivity contribution is 6.07. The van der Waals surface area contributed by atoms with E-state index in [1.165, 1.54) is 6.92 Å². The molecule has 0 aliphatic rings. The number of ketones is 1. The summed E-state index contributed by atoms with van der Waals surface area (Å²) in [7, 11) is 0. The third-order valence-corrected chi connectivity index (χ3v) is 3.15. The van der Waals surface area contributed by atoms with Crippen molar-refractivity contribution in [1.82, 2.24) is 0 Å². The summed E-state index contributed by atoms with van der Waals surface area (Å²) in [5.74, 6) is -1.93. The zero-order valence-corrected chi connectivity index (χ0v) is 11.7. The number of carbonyl (C=O) groups excluding carboxylic acids is 1. The van der Waals surface area contributed by atoms with Gasteiger partial charge in [0.2, 0.25) is 0 Å². The molecule has 1 atom stereocenters. The smallest absolute Gasteiger partial charge is 0.314 e. The van der Waals surface area contributed by atoms with Crippen LogP contribution in [0.15, 0.2) is 54.6 Å². The van der Waals surface area contributed by atoms with Crippen molar-refractivity contribution in [3.05, 3.63) is 65.7 Å². The standard InChI is InChI=1S/C17H16O4/c1-12(17(19)20)16(18)14-7-9-15(10-8-14)21-11-13-5-3-2-4-6-13/h2-10,12H,11H2,1H3,(H,19,20). The van der Waals surface area contributed by atoms with Crippen LogP contribution in [0.5, 0.6) is 5.75 Å². The molecule has 0 spiro atoms. The average Bonchev–Trinajstić information content (AvgIpc) is 2.53. The monoisotopic (exact) mass is 284 g/mol. The minimum absolute atomic E-state index is 0.372. The van der Waals surface area contributed by atoms with Gasteiger partial charge in [-0.3, -0.25) is 9.59 Å². The second-order valence-electron chi connectivity index (χ2n) is 4.72. The number of rotatable bonds is 6. The van der Waals surface area contributed by atoms with Gasteiger partial charge in [-0.05, 0) is 36.8 Å². The van der Waals surface area contributed by atoms with Crippen LogP contribution >= 0.6 is 0 Å². The van der Waals surface area contributed by atoms with Gasteiger partial charge in [-0.2, -0.15) is 0 Å². The van der Waals surface area contributed by atoms with E-state index in [9.17, 15) is 9.59 Å². The lowest BCUT2D eigenvalue weighted by Crippen LogP contribution is -2.20. The van der Waals surface area contributed by atoms with E-state index in [0.717, 1.165) is 5.56 Å². The van der Waals surface area contributed by atoms with Crippen molar-refractivity contribution in [2.24, 2.45) is 5.92 Å². The molecule has 1 unspecified atom stereocenters. The first-order valence-corrected chi connectivity index (χ1v) is 6.61. The summed E-state index contributed by atoms with van der Waals surface area (Å²) in [5.41, 5.74) is 1.43. The lowest BCUT2D eigenvalue weighted by Gasteiger charge is -2.08. The maximum atomic E-state index is 11.9. The number of ether oxygens (including phenoxy) is 1. The van der Waals surface area contributed by atoms with Gasteiger partial charge in [-0.15, -0.1) is 0 Å². The van der Waals surface area contributed by atoms with Crippen LogP contribution < -0.4 is 4.74 Å². The number of carbonyl (C=O) groups is 2. The SMILES string of the molecule is CC(C(=O)O)C(=O)c1ccc(OCc2ccccc2)cc1. The number of carboxylic acids is 1. The summed E-state index contributed by atoms with van der Waals surface area (Å²) in [6.45, 7) is 1.82. The van der Waals surface area contributed by atoms with Crippen LogP contribution in [0.1, 0.15) is 22.8 Å². The molecule has 0 aromatic heterocycles. The van der Waals surface area contributed by atoms with Gasteiger partial charge in [0.1, 0.15) is 18.3 Å². The predicted octanol–water partition coefficient (Wildman–Crippen LogP) is 3.17. The summed E-state index contributed by atoms with van der Waals surface area (Å²) in [5, 5.41) is 8.83. The largest absolute Gasteiger partial charge is 0.489 e. The highest BCUT2D eigenvalue weighted by Crippen LogP contribution is 2.16. The van der Waals surface area contributed by atoms with E-state index in [-0.39, 0.29) is 0 Å². The van der Waals surface area contributed by atoms with Crippen LogP contribution in [0.25, 0.3) is 0 Å². The first-order chi connectivity index (χ1) is 10.1. The van der Waals surface area contributed by atoms with Crippen LogP contribution in [0.3, 0.4) is 0 Å². The fraction of sp³-hybridized carbons (Fsp3) is 0.176. The van der Waals surface area contributed by atoms with Crippen molar-refractivity contribution in [1.29, 1.82) is 0 Å². The molecule has 21 heavy (non-hydrogen) atoms. The molecular formula is C17H16O4. The molecule has 0 bridgehead atoms. The van der Waals surface area contributed by atoms with Gasteiger partial charge in [-0.25, -0.2) is 0 Å². The molecule has 108 valence electrons. The average molecular weight is 284 g/mol. The van der Waals surface area contributed by atoms with Crippen molar-refractivity contribution in [2.75, 3.05) is 0 Å². The number of benzene rings is 2. The summed E-state index contributed by atoms with van der Waals surface area (Å²) in [6, 6.07) is 16.3. The minimum atomic E-state index is -1.12. The van der Waals surface area contributed by atoms with Crippen LogP contribution in [0, 0.1) is 5.92 Å². The van der Waals surface area contributed by atoms with Crippen molar-refractivity contribution >= 4 is 11.8 Å². The Morgan fingerprint density at radius 1 is 1.05 bits per heavy atom. The lowest BCUT2D eigenvalue weighted by atomic mass is 10.00. The van der Waals surface area contributed by atoms with Crippen LogP contribution in [-0.2, 0) is 11.4 Å². The first kappa shape index (κ1) is 14.8. The molecule has 0 aliphatic carbocycles. The Morgan fingerprint density at radius 2 is 1.67 bits per heavy atom. The number of hydrogen-bond donors (Lipinski definition) is 1.